The molecule has 1 aromatic carbocycles. The number of aliphatic hydroxyl groups is 1. The van der Waals surface area contributed by atoms with Gasteiger partial charge in [0.15, 0.2) is 0 Å². The quantitative estimate of drug-likeness (QED) is 0.0174. The number of halogens is 6. The number of carbonyl (C=O) groups is 1. The van der Waals surface area contributed by atoms with Gasteiger partial charge in [-0.25, -0.2) is 0 Å². The normalized spacial score (nSPS) is 10.1. The van der Waals surface area contributed by atoms with E-state index in [1.54, 1.807) is 0 Å². The van der Waals surface area contributed by atoms with Crippen LogP contribution in [0.1, 0.15) is 190 Å². The van der Waals surface area contributed by atoms with Crippen LogP contribution in [0.4, 0.5) is 5.69 Å². The van der Waals surface area contributed by atoms with E-state index in [0.29, 0.717) is 19.7 Å². The van der Waals surface area contributed by atoms with Gasteiger partial charge in [0, 0.05) is 70.5 Å². The number of hydrogen-bond donors (Lipinski definition) is 1. The number of carbonyl (C=O) groups excluding carboxylic acids is 1. The predicted octanol–water partition coefficient (Wildman–Crippen LogP) is 18.1. The van der Waals surface area contributed by atoms with Gasteiger partial charge in [0.25, 0.3) is 0 Å². The summed E-state index contributed by atoms with van der Waals surface area (Å²) in [6, 6.07) is 10.8. The van der Waals surface area contributed by atoms with Crippen LogP contribution in [0, 0.1) is 0 Å². The Kier molecular flexibility index (Phi) is 98.6. The van der Waals surface area contributed by atoms with E-state index in [-0.39, 0.29) is 11.8 Å². The van der Waals surface area contributed by atoms with Crippen molar-refractivity contribution >= 4 is 76.7 Å². The van der Waals surface area contributed by atoms with Gasteiger partial charge in [-0.1, -0.05) is 146 Å². The van der Waals surface area contributed by atoms with Gasteiger partial charge in [0.1, 0.15) is 19.7 Å². The first-order valence-corrected chi connectivity index (χ1v) is 35.5. The molecule has 0 fully saturated rings. The Balaban J connectivity index is -0.000000175. The molecule has 0 spiro atoms. The van der Waals surface area contributed by atoms with Gasteiger partial charge in [0.05, 0.1) is 6.61 Å². The summed E-state index contributed by atoms with van der Waals surface area (Å²) in [4.78, 5) is 11.5. The summed E-state index contributed by atoms with van der Waals surface area (Å²) in [5.74, 6) is 1.61. The molecule has 68 heavy (non-hydrogen) atoms. The fourth-order valence-electron chi connectivity index (χ4n) is 5.09. The van der Waals surface area contributed by atoms with Crippen LogP contribution in [0.2, 0.25) is 0 Å². The van der Waals surface area contributed by atoms with Gasteiger partial charge in [-0.3, -0.25) is 4.79 Å². The number of anilines is 1. The molecular weight excluding hydrogens is 1040 g/mol. The zero-order chi connectivity index (χ0) is 52.1. The second-order valence-electron chi connectivity index (χ2n) is 15.1. The third-order valence-electron chi connectivity index (χ3n) is 8.93. The first kappa shape index (κ1) is 79.7. The molecule has 0 atom stereocenters. The van der Waals surface area contributed by atoms with E-state index in [2.05, 4.69) is 107 Å². The molecule has 1 N–H and O–H groups in total. The van der Waals surface area contributed by atoms with Crippen molar-refractivity contribution in [1.82, 2.24) is 0 Å². The van der Waals surface area contributed by atoms with Crippen molar-refractivity contribution in [3.05, 3.63) is 54.6 Å². The van der Waals surface area contributed by atoms with Crippen LogP contribution >= 0.6 is 65.8 Å². The molecule has 0 heterocycles. The van der Waals surface area contributed by atoms with Crippen molar-refractivity contribution in [1.29, 1.82) is 0 Å². The van der Waals surface area contributed by atoms with Crippen molar-refractivity contribution in [2.24, 2.45) is 0 Å². The molecule has 0 aromatic heterocycles. The first-order valence-electron chi connectivity index (χ1n) is 25.7. The first-order chi connectivity index (χ1) is 33.2. The fraction of sp³-hybridized carbons (Fsp3) is 0.792. The number of para-hydroxylation sites is 1. The van der Waals surface area contributed by atoms with Crippen molar-refractivity contribution in [3.63, 3.8) is 0 Å². The molecule has 8 nitrogen and oxygen atoms in total. The summed E-state index contributed by atoms with van der Waals surface area (Å²) in [5, 5.41) is 8.14. The Labute approximate surface area is 455 Å². The average Bonchev–Trinajstić information content (AvgIpc) is 3.34. The molecule has 404 valence electrons. The standard InChI is InChI=1S/C16H31ClO2.C11H21ClO.C10H15N.C9H20O2.C5H11ClO.C2H3ClO.2ClH.Zn/c1-2-3-14-18-16-19-15-12-10-8-6-4-5-7-9-11-13-17;12-10-8-6-4-2-1-3-5-7-9-11-13;1-3-11(4-2)10-8-6-5-7-9-10;1-3-5-7-10-9-11-8-6-4-2;1-2-3-4-7-5-6;1-2(3)4;;;/h8,10H,2-7,9,11-16H2,1H3;5,7,13H,1-4,6,8-11H2;5-9H,3-4H2,1-2H3;3-9H2,1-2H3;2-5H2,1H3;1H3;2*1H;/q;;;;;;;;+2/p-2/b10-8-;7-5-;;;;;;;. The molecule has 0 saturated heterocycles. The van der Waals surface area contributed by atoms with Gasteiger partial charge in [-0.15, -0.1) is 23.2 Å². The van der Waals surface area contributed by atoms with E-state index in [4.69, 9.17) is 83.0 Å². The average molecular weight is 1140 g/mol. The van der Waals surface area contributed by atoms with E-state index in [1.165, 1.54) is 96.1 Å². The SMILES string of the molecule is CC(=O)Cl.CCCCOCCl.CCCCOCOCC/C=C\CCCCCCCCl.CCCCOCOCCCC.CCN(CC)c1ccccc1.OCC/C=C\CCCCCCCCl.[Cl][Zn][Cl]. The Morgan fingerprint density at radius 3 is 1.22 bits per heavy atom. The zero-order valence-electron chi connectivity index (χ0n) is 44.3. The van der Waals surface area contributed by atoms with E-state index in [1.807, 2.05) is 6.07 Å². The Morgan fingerprint density at radius 1 is 0.529 bits per heavy atom. The van der Waals surface area contributed by atoms with Gasteiger partial charge in [0.2, 0.25) is 5.24 Å². The van der Waals surface area contributed by atoms with Crippen LogP contribution in [0.3, 0.4) is 0 Å². The minimum absolute atomic E-state index is 0.270. The number of allylic oxidation sites excluding steroid dienone is 2. The number of rotatable bonds is 39. The minimum atomic E-state index is -0.931. The van der Waals surface area contributed by atoms with E-state index in [0.717, 1.165) is 116 Å². The maximum atomic E-state index is 9.21. The second kappa shape index (κ2) is 84.1. The summed E-state index contributed by atoms with van der Waals surface area (Å²) >= 11 is 20.1. The van der Waals surface area contributed by atoms with Gasteiger partial charge >= 0.3 is 34.5 Å². The van der Waals surface area contributed by atoms with Gasteiger partial charge in [-0.2, -0.15) is 0 Å². The van der Waals surface area contributed by atoms with Crippen LogP contribution in [-0.2, 0) is 43.6 Å². The number of nitrogens with zero attached hydrogens (tertiary/aromatic N) is 1. The van der Waals surface area contributed by atoms with Crippen LogP contribution in [0.5, 0.6) is 0 Å². The molecule has 15 heteroatoms. The summed E-state index contributed by atoms with van der Waals surface area (Å²) in [7, 11) is 9.90. The van der Waals surface area contributed by atoms with E-state index in [9.17, 15) is 4.79 Å². The van der Waals surface area contributed by atoms with Crippen molar-refractivity contribution in [3.8, 4) is 0 Å². The van der Waals surface area contributed by atoms with Crippen LogP contribution in [0.25, 0.3) is 0 Å². The summed E-state index contributed by atoms with van der Waals surface area (Å²) in [6.07, 6.45) is 34.7. The number of benzene rings is 1. The summed E-state index contributed by atoms with van der Waals surface area (Å²) < 4.78 is 25.9. The number of ether oxygens (including phenoxy) is 5. The molecule has 0 unspecified atom stereocenters. The summed E-state index contributed by atoms with van der Waals surface area (Å²) in [6.45, 7) is 21.6. The zero-order valence-corrected chi connectivity index (χ0v) is 51.8. The number of aliphatic hydroxyl groups excluding tert-OH is 1. The van der Waals surface area contributed by atoms with Crippen LogP contribution in [0.15, 0.2) is 54.6 Å². The molecule has 0 aliphatic rings. The Bertz CT molecular complexity index is 1010. The topological polar surface area (TPSA) is 86.7 Å². The molecular formula is C53H101Cl6NO7Zn. The number of hydrogen-bond acceptors (Lipinski definition) is 8. The van der Waals surface area contributed by atoms with Crippen LogP contribution in [-0.4, -0.2) is 94.5 Å². The Hall–Kier alpha value is 0.293. The molecule has 0 radical (unpaired) electrons. The van der Waals surface area contributed by atoms with Crippen molar-refractivity contribution < 1.29 is 48.7 Å². The van der Waals surface area contributed by atoms with E-state index >= 15 is 0 Å². The van der Waals surface area contributed by atoms with Crippen molar-refractivity contribution in [2.75, 3.05) is 89.0 Å². The molecule has 0 aliphatic carbocycles. The second-order valence-corrected chi connectivity index (χ2v) is 21.2. The monoisotopic (exact) mass is 1140 g/mol. The molecule has 1 aromatic rings. The summed E-state index contributed by atoms with van der Waals surface area (Å²) in [5.41, 5.74) is 1.32. The predicted molar refractivity (Wildman–Crippen MR) is 300 cm³/mol. The molecule has 0 amide bonds. The van der Waals surface area contributed by atoms with E-state index < -0.39 is 15.1 Å². The third kappa shape index (κ3) is 95.9. The molecule has 0 saturated carbocycles. The number of unbranched alkanes of at least 4 members (excludes halogenated alkanes) is 14. The van der Waals surface area contributed by atoms with Gasteiger partial charge < -0.3 is 33.7 Å². The third-order valence-corrected chi connectivity index (χ3v) is 9.62. The number of alkyl halides is 3. The van der Waals surface area contributed by atoms with Crippen molar-refractivity contribution in [2.45, 2.75) is 190 Å². The molecule has 0 aliphatic heterocycles. The molecule has 1 rings (SSSR count). The fourth-order valence-corrected chi connectivity index (χ4v) is 5.58. The van der Waals surface area contributed by atoms with Crippen LogP contribution < -0.4 is 4.90 Å². The maximum absolute atomic E-state index is 9.21. The molecule has 0 bridgehead atoms. The van der Waals surface area contributed by atoms with Gasteiger partial charge in [-0.05, 0) is 115 Å². The Morgan fingerprint density at radius 2 is 0.868 bits per heavy atom.